The lowest BCUT2D eigenvalue weighted by Gasteiger charge is -2.05. The number of thioether (sulfide) groups is 1. The molecule has 0 bridgehead atoms. The average Bonchev–Trinajstić information content (AvgIpc) is 2.49. The number of carboxylic acid groups (broad SMARTS) is 1. The normalized spacial score (nSPS) is 9.95. The van der Waals surface area contributed by atoms with Crippen molar-refractivity contribution in [1.29, 1.82) is 0 Å². The molecule has 0 fully saturated rings. The van der Waals surface area contributed by atoms with E-state index in [-0.39, 0.29) is 29.6 Å². The van der Waals surface area contributed by atoms with Gasteiger partial charge in [0.05, 0.1) is 18.4 Å². The van der Waals surface area contributed by atoms with Crippen LogP contribution in [0, 0.1) is 0 Å². The van der Waals surface area contributed by atoms with Gasteiger partial charge in [-0.05, 0) is 24.6 Å². The Morgan fingerprint density at radius 2 is 2.10 bits per heavy atom. The van der Waals surface area contributed by atoms with Crippen LogP contribution in [0.2, 0.25) is 0 Å². The molecule has 1 aromatic carbocycles. The summed E-state index contributed by atoms with van der Waals surface area (Å²) in [6.45, 7) is 0.406. The van der Waals surface area contributed by atoms with Gasteiger partial charge in [-0.3, -0.25) is 9.59 Å². The van der Waals surface area contributed by atoms with E-state index in [1.807, 2.05) is 0 Å². The summed E-state index contributed by atoms with van der Waals surface area (Å²) in [6, 6.07) is 6.42. The number of ether oxygens (including phenoxy) is 1. The number of esters is 1. The van der Waals surface area contributed by atoms with E-state index in [0.717, 1.165) is 4.90 Å². The first-order chi connectivity index (χ1) is 10.0. The van der Waals surface area contributed by atoms with E-state index in [4.69, 9.17) is 5.11 Å². The lowest BCUT2D eigenvalue weighted by molar-refractivity contribution is -0.140. The second-order valence-corrected chi connectivity index (χ2v) is 5.20. The number of hydrogen-bond donors (Lipinski definition) is 2. The summed E-state index contributed by atoms with van der Waals surface area (Å²) >= 11 is 1.26. The number of hydrogen-bond acceptors (Lipinski definition) is 5. The molecule has 0 spiro atoms. The van der Waals surface area contributed by atoms with Gasteiger partial charge in [0.2, 0.25) is 5.91 Å². The third kappa shape index (κ3) is 6.80. The zero-order chi connectivity index (χ0) is 15.7. The Morgan fingerprint density at radius 3 is 2.76 bits per heavy atom. The number of rotatable bonds is 8. The van der Waals surface area contributed by atoms with E-state index in [9.17, 15) is 14.4 Å². The molecule has 0 radical (unpaired) electrons. The molecule has 0 aliphatic heterocycles. The number of benzene rings is 1. The summed E-state index contributed by atoms with van der Waals surface area (Å²) in [6.07, 6.45) is 0.794. The van der Waals surface area contributed by atoms with Gasteiger partial charge < -0.3 is 15.2 Å². The van der Waals surface area contributed by atoms with Crippen molar-refractivity contribution in [3.8, 4) is 0 Å². The van der Waals surface area contributed by atoms with Crippen molar-refractivity contribution in [1.82, 2.24) is 5.32 Å². The second kappa shape index (κ2) is 9.02. The van der Waals surface area contributed by atoms with E-state index in [2.05, 4.69) is 10.1 Å². The molecule has 2 N–H and O–H groups in total. The Hall–Kier alpha value is -2.02. The maximum Gasteiger partial charge on any atom is 0.335 e. The van der Waals surface area contributed by atoms with Crippen LogP contribution in [0.15, 0.2) is 29.2 Å². The Labute approximate surface area is 126 Å². The van der Waals surface area contributed by atoms with Crippen LogP contribution in [0.5, 0.6) is 0 Å². The summed E-state index contributed by atoms with van der Waals surface area (Å²) in [4.78, 5) is 34.0. The van der Waals surface area contributed by atoms with Crippen LogP contribution >= 0.6 is 11.8 Å². The maximum absolute atomic E-state index is 11.6. The highest BCUT2D eigenvalue weighted by Crippen LogP contribution is 2.18. The zero-order valence-electron chi connectivity index (χ0n) is 11.6. The third-order valence-corrected chi connectivity index (χ3v) is 3.55. The molecule has 21 heavy (non-hydrogen) atoms. The Balaban J connectivity index is 2.28. The molecule has 1 aromatic rings. The van der Waals surface area contributed by atoms with Crippen molar-refractivity contribution in [2.75, 3.05) is 19.4 Å². The number of carbonyl (C=O) groups excluding carboxylic acids is 2. The fourth-order valence-electron chi connectivity index (χ4n) is 1.48. The topological polar surface area (TPSA) is 92.7 Å². The van der Waals surface area contributed by atoms with E-state index >= 15 is 0 Å². The molecule has 0 heterocycles. The van der Waals surface area contributed by atoms with Crippen LogP contribution in [-0.4, -0.2) is 42.4 Å². The molecule has 0 aromatic heterocycles. The van der Waals surface area contributed by atoms with Gasteiger partial charge in [0.1, 0.15) is 0 Å². The first-order valence-electron chi connectivity index (χ1n) is 6.32. The summed E-state index contributed by atoms with van der Waals surface area (Å²) in [5.74, 6) is -1.26. The third-order valence-electron chi connectivity index (χ3n) is 2.56. The largest absolute Gasteiger partial charge is 0.478 e. The molecule has 1 amide bonds. The quantitative estimate of drug-likeness (QED) is 0.430. The SMILES string of the molecule is COC(=O)CCCNC(=O)CSc1cccc(C(=O)O)c1. The van der Waals surface area contributed by atoms with Crippen LogP contribution in [0.1, 0.15) is 23.2 Å². The van der Waals surface area contributed by atoms with E-state index in [0.29, 0.717) is 13.0 Å². The number of methoxy groups -OCH3 is 1. The predicted octanol–water partition coefficient (Wildman–Crippen LogP) is 1.55. The highest BCUT2D eigenvalue weighted by atomic mass is 32.2. The fourth-order valence-corrected chi connectivity index (χ4v) is 2.27. The standard InChI is InChI=1S/C14H17NO5S/c1-20-13(17)6-3-7-15-12(16)9-21-11-5-2-4-10(8-11)14(18)19/h2,4-5,8H,3,6-7,9H2,1H3,(H,15,16)(H,18,19). The smallest absolute Gasteiger partial charge is 0.335 e. The van der Waals surface area contributed by atoms with Crippen molar-refractivity contribution >= 4 is 29.6 Å². The summed E-state index contributed by atoms with van der Waals surface area (Å²) in [5.41, 5.74) is 0.193. The van der Waals surface area contributed by atoms with Gasteiger partial charge >= 0.3 is 11.9 Å². The van der Waals surface area contributed by atoms with Crippen LogP contribution in [0.3, 0.4) is 0 Å². The predicted molar refractivity (Wildman–Crippen MR) is 78.4 cm³/mol. The van der Waals surface area contributed by atoms with Crippen molar-refractivity contribution in [3.05, 3.63) is 29.8 Å². The summed E-state index contributed by atoms with van der Waals surface area (Å²) < 4.78 is 4.49. The molecule has 0 unspecified atom stereocenters. The average molecular weight is 311 g/mol. The van der Waals surface area contributed by atoms with Crippen molar-refractivity contribution in [2.24, 2.45) is 0 Å². The summed E-state index contributed by atoms with van der Waals surface area (Å²) in [7, 11) is 1.32. The van der Waals surface area contributed by atoms with Gasteiger partial charge in [-0.1, -0.05) is 6.07 Å². The lowest BCUT2D eigenvalue weighted by Crippen LogP contribution is -2.26. The first kappa shape index (κ1) is 17.0. The minimum atomic E-state index is -0.996. The minimum Gasteiger partial charge on any atom is -0.478 e. The molecule has 7 heteroatoms. The Kier molecular flexibility index (Phi) is 7.31. The molecule has 0 aliphatic carbocycles. The molecule has 0 saturated heterocycles. The van der Waals surface area contributed by atoms with Crippen LogP contribution in [0.25, 0.3) is 0 Å². The van der Waals surface area contributed by atoms with Crippen LogP contribution in [0.4, 0.5) is 0 Å². The molecule has 1 rings (SSSR count). The minimum absolute atomic E-state index is 0.161. The fraction of sp³-hybridized carbons (Fsp3) is 0.357. The van der Waals surface area contributed by atoms with Gasteiger partial charge in [-0.2, -0.15) is 0 Å². The monoisotopic (exact) mass is 311 g/mol. The molecule has 6 nitrogen and oxygen atoms in total. The van der Waals surface area contributed by atoms with Crippen LogP contribution < -0.4 is 5.32 Å². The van der Waals surface area contributed by atoms with E-state index < -0.39 is 5.97 Å². The molecular weight excluding hydrogens is 294 g/mol. The number of nitrogens with one attached hydrogen (secondary N) is 1. The van der Waals surface area contributed by atoms with Gasteiger partial charge in [-0.25, -0.2) is 4.79 Å². The number of carbonyl (C=O) groups is 3. The van der Waals surface area contributed by atoms with Crippen molar-refractivity contribution in [2.45, 2.75) is 17.7 Å². The second-order valence-electron chi connectivity index (χ2n) is 4.15. The highest BCUT2D eigenvalue weighted by Gasteiger charge is 2.06. The molecule has 114 valence electrons. The Morgan fingerprint density at radius 1 is 1.33 bits per heavy atom. The first-order valence-corrected chi connectivity index (χ1v) is 7.31. The highest BCUT2D eigenvalue weighted by molar-refractivity contribution is 8.00. The van der Waals surface area contributed by atoms with Gasteiger partial charge in [0, 0.05) is 17.9 Å². The van der Waals surface area contributed by atoms with E-state index in [1.54, 1.807) is 12.1 Å². The Bertz CT molecular complexity index is 518. The molecule has 0 aliphatic rings. The van der Waals surface area contributed by atoms with Crippen molar-refractivity contribution < 1.29 is 24.2 Å². The molecule has 0 atom stereocenters. The van der Waals surface area contributed by atoms with Gasteiger partial charge in [0.15, 0.2) is 0 Å². The van der Waals surface area contributed by atoms with Crippen LogP contribution in [-0.2, 0) is 14.3 Å². The number of aromatic carboxylic acids is 1. The van der Waals surface area contributed by atoms with Crippen molar-refractivity contribution in [3.63, 3.8) is 0 Å². The van der Waals surface area contributed by atoms with Gasteiger partial charge in [-0.15, -0.1) is 11.8 Å². The lowest BCUT2D eigenvalue weighted by atomic mass is 10.2. The number of amides is 1. The van der Waals surface area contributed by atoms with E-state index in [1.165, 1.54) is 31.0 Å². The van der Waals surface area contributed by atoms with Gasteiger partial charge in [0.25, 0.3) is 0 Å². The molecule has 0 saturated carbocycles. The zero-order valence-corrected chi connectivity index (χ0v) is 12.4. The summed E-state index contributed by atoms with van der Waals surface area (Å²) in [5, 5.41) is 11.6. The maximum atomic E-state index is 11.6. The number of carboxylic acids is 1. The molecular formula is C14H17NO5S.